The zero-order chi connectivity index (χ0) is 26.0. The number of carbonyl (C=O) groups is 2. The number of anilines is 1. The highest BCUT2D eigenvalue weighted by Crippen LogP contribution is 2.11. The van der Waals surface area contributed by atoms with Gasteiger partial charge in [-0.05, 0) is 37.0 Å². The van der Waals surface area contributed by atoms with Crippen LogP contribution in [0.25, 0.3) is 0 Å². The van der Waals surface area contributed by atoms with Crippen molar-refractivity contribution in [1.82, 2.24) is 9.88 Å². The molecule has 1 amide bonds. The SMILES string of the molecule is CCc1ccc(NS(=O)(=O)Cc2ccccc2)c(=O)n1CC(=O)N[C@@H](CCCN=C(N)N)C(=O)O. The summed E-state index contributed by atoms with van der Waals surface area (Å²) < 4.78 is 28.5. The molecule has 12 nitrogen and oxygen atoms in total. The van der Waals surface area contributed by atoms with Gasteiger partial charge in [0, 0.05) is 12.2 Å². The van der Waals surface area contributed by atoms with E-state index in [1.807, 2.05) is 0 Å². The van der Waals surface area contributed by atoms with Gasteiger partial charge in [0.2, 0.25) is 15.9 Å². The molecule has 0 spiro atoms. The molecule has 1 aromatic heterocycles. The molecule has 0 fully saturated rings. The molecule has 1 heterocycles. The number of rotatable bonds is 13. The van der Waals surface area contributed by atoms with Gasteiger partial charge in [-0.25, -0.2) is 13.2 Å². The number of nitrogens with one attached hydrogen (secondary N) is 2. The normalized spacial score (nSPS) is 11.9. The van der Waals surface area contributed by atoms with Crippen LogP contribution in [0.1, 0.15) is 31.0 Å². The van der Waals surface area contributed by atoms with E-state index in [1.54, 1.807) is 43.3 Å². The molecule has 35 heavy (non-hydrogen) atoms. The quantitative estimate of drug-likeness (QED) is 0.142. The first kappa shape index (κ1) is 27.4. The van der Waals surface area contributed by atoms with Crippen LogP contribution in [0, 0.1) is 0 Å². The fourth-order valence-electron chi connectivity index (χ4n) is 3.32. The van der Waals surface area contributed by atoms with Crippen molar-refractivity contribution in [2.24, 2.45) is 16.5 Å². The van der Waals surface area contributed by atoms with E-state index in [-0.39, 0.29) is 30.4 Å². The van der Waals surface area contributed by atoms with Crippen LogP contribution in [0.15, 0.2) is 52.3 Å². The minimum absolute atomic E-state index is 0.0761. The molecule has 0 aliphatic heterocycles. The highest BCUT2D eigenvalue weighted by molar-refractivity contribution is 7.91. The molecule has 0 aliphatic carbocycles. The molecule has 0 saturated carbocycles. The largest absolute Gasteiger partial charge is 0.480 e. The molecule has 2 aromatic rings. The van der Waals surface area contributed by atoms with Gasteiger partial charge in [-0.1, -0.05) is 37.3 Å². The lowest BCUT2D eigenvalue weighted by Gasteiger charge is -2.17. The maximum atomic E-state index is 13.0. The minimum Gasteiger partial charge on any atom is -0.480 e. The molecular weight excluding hydrogens is 476 g/mol. The van der Waals surface area contributed by atoms with E-state index in [2.05, 4.69) is 15.0 Å². The predicted molar refractivity (Wildman–Crippen MR) is 132 cm³/mol. The van der Waals surface area contributed by atoms with Crippen molar-refractivity contribution < 1.29 is 23.1 Å². The predicted octanol–water partition coefficient (Wildman–Crippen LogP) is -0.0244. The molecular formula is C22H30N6O6S. The van der Waals surface area contributed by atoms with Crippen molar-refractivity contribution >= 4 is 33.5 Å². The van der Waals surface area contributed by atoms with E-state index in [9.17, 15) is 27.9 Å². The highest BCUT2D eigenvalue weighted by atomic mass is 32.2. The second-order valence-corrected chi connectivity index (χ2v) is 9.46. The molecule has 0 aliphatic rings. The smallest absolute Gasteiger partial charge is 0.326 e. The maximum Gasteiger partial charge on any atom is 0.326 e. The first-order valence-electron chi connectivity index (χ1n) is 10.9. The Labute approximate surface area is 203 Å². The van der Waals surface area contributed by atoms with E-state index in [1.165, 1.54) is 6.07 Å². The molecule has 0 unspecified atom stereocenters. The Hall–Kier alpha value is -3.87. The number of nitrogens with zero attached hydrogens (tertiary/aromatic N) is 2. The number of carboxylic acid groups (broad SMARTS) is 1. The number of aliphatic imine (C=N–C) groups is 1. The number of hydrogen-bond donors (Lipinski definition) is 5. The Morgan fingerprint density at radius 2 is 1.83 bits per heavy atom. The molecule has 1 aromatic carbocycles. The Balaban J connectivity index is 2.16. The Bertz CT molecular complexity index is 1220. The van der Waals surface area contributed by atoms with Crippen molar-refractivity contribution in [2.75, 3.05) is 11.3 Å². The first-order valence-corrected chi connectivity index (χ1v) is 12.5. The minimum atomic E-state index is -3.89. The number of pyridine rings is 1. The summed E-state index contributed by atoms with van der Waals surface area (Å²) in [4.78, 5) is 40.9. The van der Waals surface area contributed by atoms with Gasteiger partial charge in [-0.3, -0.25) is 19.3 Å². The summed E-state index contributed by atoms with van der Waals surface area (Å²) in [7, 11) is -3.89. The van der Waals surface area contributed by atoms with Crippen LogP contribution in [0.2, 0.25) is 0 Å². The number of sulfonamides is 1. The number of aryl methyl sites for hydroxylation is 1. The van der Waals surface area contributed by atoms with Gasteiger partial charge in [0.1, 0.15) is 18.3 Å². The summed E-state index contributed by atoms with van der Waals surface area (Å²) in [6.45, 7) is 1.49. The molecule has 0 saturated heterocycles. The van der Waals surface area contributed by atoms with Crippen LogP contribution in [0.3, 0.4) is 0 Å². The Kier molecular flexibility index (Phi) is 9.82. The van der Waals surface area contributed by atoms with Crippen molar-refractivity contribution in [3.63, 3.8) is 0 Å². The highest BCUT2D eigenvalue weighted by Gasteiger charge is 2.21. The van der Waals surface area contributed by atoms with E-state index in [0.29, 0.717) is 24.1 Å². The molecule has 0 bridgehead atoms. The number of carbonyl (C=O) groups excluding carboxylic acids is 1. The monoisotopic (exact) mass is 506 g/mol. The van der Waals surface area contributed by atoms with Crippen molar-refractivity contribution in [2.45, 2.75) is 44.5 Å². The van der Waals surface area contributed by atoms with Gasteiger partial charge in [-0.2, -0.15) is 0 Å². The summed E-state index contributed by atoms with van der Waals surface area (Å²) in [6.07, 6.45) is 0.779. The van der Waals surface area contributed by atoms with E-state index < -0.39 is 40.0 Å². The molecule has 190 valence electrons. The third-order valence-electron chi connectivity index (χ3n) is 4.97. The van der Waals surface area contributed by atoms with Gasteiger partial charge in [-0.15, -0.1) is 0 Å². The average Bonchev–Trinajstić information content (AvgIpc) is 2.78. The Morgan fingerprint density at radius 1 is 1.14 bits per heavy atom. The van der Waals surface area contributed by atoms with Gasteiger partial charge in [0.15, 0.2) is 5.96 Å². The van der Waals surface area contributed by atoms with Crippen LogP contribution in [-0.4, -0.2) is 48.5 Å². The van der Waals surface area contributed by atoms with E-state index in [0.717, 1.165) is 4.57 Å². The topological polar surface area (TPSA) is 199 Å². The molecule has 13 heteroatoms. The summed E-state index contributed by atoms with van der Waals surface area (Å²) in [5.41, 5.74) is 10.6. The third-order valence-corrected chi connectivity index (χ3v) is 6.22. The lowest BCUT2D eigenvalue weighted by Crippen LogP contribution is -2.44. The van der Waals surface area contributed by atoms with Gasteiger partial charge < -0.3 is 26.5 Å². The van der Waals surface area contributed by atoms with Crippen molar-refractivity contribution in [3.05, 3.63) is 64.1 Å². The number of guanidine groups is 1. The van der Waals surface area contributed by atoms with Crippen LogP contribution >= 0.6 is 0 Å². The maximum absolute atomic E-state index is 13.0. The van der Waals surface area contributed by atoms with Gasteiger partial charge in [0.05, 0.1) is 5.75 Å². The fourth-order valence-corrected chi connectivity index (χ4v) is 4.51. The number of aliphatic carboxylic acids is 1. The second kappa shape index (κ2) is 12.6. The fraction of sp³-hybridized carbons (Fsp3) is 0.364. The van der Waals surface area contributed by atoms with Crippen LogP contribution in [0.4, 0.5) is 5.69 Å². The number of amides is 1. The summed E-state index contributed by atoms with van der Waals surface area (Å²) >= 11 is 0. The van der Waals surface area contributed by atoms with Crippen molar-refractivity contribution in [3.8, 4) is 0 Å². The molecule has 1 atom stereocenters. The van der Waals surface area contributed by atoms with Gasteiger partial charge >= 0.3 is 5.97 Å². The molecule has 7 N–H and O–H groups in total. The van der Waals surface area contributed by atoms with Gasteiger partial charge in [0.25, 0.3) is 5.56 Å². The third kappa shape index (κ3) is 8.77. The number of hydrogen-bond acceptors (Lipinski definition) is 6. The van der Waals surface area contributed by atoms with Crippen molar-refractivity contribution in [1.29, 1.82) is 0 Å². The standard InChI is InChI=1S/C22H30N6O6S/c1-2-16-10-11-17(27-35(33,34)14-15-7-4-3-5-8-15)20(30)28(16)13-19(29)26-18(21(31)32)9-6-12-25-22(23)24/h3-5,7-8,10-11,18,27H,2,6,9,12-14H2,1H3,(H,26,29)(H,31,32)(H4,23,24,25)/t18-/m0/s1. The second-order valence-electron chi connectivity index (χ2n) is 7.74. The summed E-state index contributed by atoms with van der Waals surface area (Å²) in [6, 6.07) is 10.2. The van der Waals surface area contributed by atoms with Crippen LogP contribution < -0.4 is 27.1 Å². The summed E-state index contributed by atoms with van der Waals surface area (Å²) in [5, 5.41) is 11.8. The lowest BCUT2D eigenvalue weighted by atomic mass is 10.1. The van der Waals surface area contributed by atoms with Crippen LogP contribution in [-0.2, 0) is 38.3 Å². The zero-order valence-corrected chi connectivity index (χ0v) is 20.1. The summed E-state index contributed by atoms with van der Waals surface area (Å²) in [5.74, 6) is -2.40. The van der Waals surface area contributed by atoms with E-state index in [4.69, 9.17) is 11.5 Å². The molecule has 2 rings (SSSR count). The Morgan fingerprint density at radius 3 is 2.43 bits per heavy atom. The number of nitrogens with two attached hydrogens (primary N) is 2. The zero-order valence-electron chi connectivity index (χ0n) is 19.3. The number of carboxylic acids is 1. The van der Waals surface area contributed by atoms with Crippen LogP contribution in [0.5, 0.6) is 0 Å². The first-order chi connectivity index (χ1) is 16.5. The molecule has 0 radical (unpaired) electrons. The number of benzene rings is 1. The lowest BCUT2D eigenvalue weighted by molar-refractivity contribution is -0.142. The van der Waals surface area contributed by atoms with E-state index >= 15 is 0 Å². The average molecular weight is 507 g/mol. The number of aromatic nitrogens is 1.